The van der Waals surface area contributed by atoms with E-state index < -0.39 is 5.97 Å². The Morgan fingerprint density at radius 2 is 1.61 bits per heavy atom. The van der Waals surface area contributed by atoms with Gasteiger partial charge in [-0.15, -0.1) is 0 Å². The molecule has 0 amide bonds. The lowest BCUT2D eigenvalue weighted by Gasteiger charge is -2.23. The molecule has 0 heterocycles. The first-order valence-corrected chi connectivity index (χ1v) is 7.15. The van der Waals surface area contributed by atoms with Crippen molar-refractivity contribution in [3.63, 3.8) is 0 Å². The van der Waals surface area contributed by atoms with Crippen LogP contribution in [0.3, 0.4) is 0 Å². The Kier molecular flexibility index (Phi) is 11.1. The molecule has 0 unspecified atom stereocenters. The number of nitrogens with zero attached hydrogens (tertiary/aromatic N) is 2. The highest BCUT2D eigenvalue weighted by Gasteiger charge is 2.07. The van der Waals surface area contributed by atoms with Crippen LogP contribution in [-0.4, -0.2) is 61.2 Å². The van der Waals surface area contributed by atoms with Gasteiger partial charge in [-0.25, -0.2) is 0 Å². The largest absolute Gasteiger partial charge is 0.481 e. The van der Waals surface area contributed by atoms with Gasteiger partial charge in [0, 0.05) is 19.6 Å². The number of carbonyl (C=O) groups is 1. The van der Waals surface area contributed by atoms with Gasteiger partial charge in [-0.2, -0.15) is 0 Å². The molecule has 18 heavy (non-hydrogen) atoms. The van der Waals surface area contributed by atoms with Gasteiger partial charge < -0.3 is 14.9 Å². The summed E-state index contributed by atoms with van der Waals surface area (Å²) in [6, 6.07) is 0. The van der Waals surface area contributed by atoms with Crippen LogP contribution in [0.15, 0.2) is 0 Å². The lowest BCUT2D eigenvalue weighted by atomic mass is 10.1. The third kappa shape index (κ3) is 11.9. The summed E-state index contributed by atoms with van der Waals surface area (Å²) in [6.45, 7) is 5.89. The van der Waals surface area contributed by atoms with Gasteiger partial charge in [0.2, 0.25) is 0 Å². The predicted molar refractivity (Wildman–Crippen MR) is 76.0 cm³/mol. The van der Waals surface area contributed by atoms with Gasteiger partial charge in [0.05, 0.1) is 6.42 Å². The van der Waals surface area contributed by atoms with Crippen LogP contribution in [0.25, 0.3) is 0 Å². The second kappa shape index (κ2) is 11.5. The average molecular weight is 258 g/mol. The van der Waals surface area contributed by atoms with Crippen LogP contribution in [0.1, 0.15) is 45.4 Å². The molecule has 0 aromatic carbocycles. The van der Waals surface area contributed by atoms with Crippen molar-refractivity contribution in [2.75, 3.05) is 40.3 Å². The molecule has 0 fully saturated rings. The summed E-state index contributed by atoms with van der Waals surface area (Å²) < 4.78 is 0. The van der Waals surface area contributed by atoms with Crippen LogP contribution >= 0.6 is 0 Å². The van der Waals surface area contributed by atoms with Gasteiger partial charge in [0.25, 0.3) is 0 Å². The molecule has 1 N–H and O–H groups in total. The average Bonchev–Trinajstić information content (AvgIpc) is 2.30. The van der Waals surface area contributed by atoms with E-state index in [4.69, 9.17) is 5.11 Å². The van der Waals surface area contributed by atoms with Gasteiger partial charge in [-0.3, -0.25) is 4.79 Å². The Balaban J connectivity index is 3.77. The Hall–Kier alpha value is -0.610. The summed E-state index contributed by atoms with van der Waals surface area (Å²) in [5, 5.41) is 8.74. The lowest BCUT2D eigenvalue weighted by Crippen LogP contribution is -2.34. The van der Waals surface area contributed by atoms with Crippen molar-refractivity contribution < 1.29 is 9.90 Å². The topological polar surface area (TPSA) is 43.8 Å². The Morgan fingerprint density at radius 1 is 0.944 bits per heavy atom. The van der Waals surface area contributed by atoms with Crippen molar-refractivity contribution in [1.82, 2.24) is 9.80 Å². The zero-order chi connectivity index (χ0) is 13.8. The monoisotopic (exact) mass is 258 g/mol. The SMILES string of the molecule is CCCCCCCN(CCC(=O)O)CCN(C)C. The summed E-state index contributed by atoms with van der Waals surface area (Å²) >= 11 is 0. The standard InChI is InChI=1S/C14H30N2O2/c1-4-5-6-7-8-10-16(11-9-14(17)18)13-12-15(2)3/h4-13H2,1-3H3,(H,17,18). The first-order chi connectivity index (χ1) is 8.56. The number of likely N-dealkylation sites (N-methyl/N-ethyl adjacent to an activating group) is 1. The van der Waals surface area contributed by atoms with E-state index in [1.54, 1.807) is 0 Å². The van der Waals surface area contributed by atoms with Gasteiger partial charge in [-0.05, 0) is 27.1 Å². The van der Waals surface area contributed by atoms with Crippen molar-refractivity contribution in [2.24, 2.45) is 0 Å². The minimum Gasteiger partial charge on any atom is -0.481 e. The summed E-state index contributed by atoms with van der Waals surface area (Å²) in [5.41, 5.74) is 0. The maximum absolute atomic E-state index is 10.6. The van der Waals surface area contributed by atoms with Crippen molar-refractivity contribution >= 4 is 5.97 Å². The molecule has 0 atom stereocenters. The number of carboxylic acid groups (broad SMARTS) is 1. The van der Waals surface area contributed by atoms with Gasteiger partial charge in [0.1, 0.15) is 0 Å². The smallest absolute Gasteiger partial charge is 0.304 e. The quantitative estimate of drug-likeness (QED) is 0.546. The fraction of sp³-hybridized carbons (Fsp3) is 0.929. The van der Waals surface area contributed by atoms with Gasteiger partial charge >= 0.3 is 5.97 Å². The Labute approximate surface area is 112 Å². The molecule has 0 bridgehead atoms. The normalized spacial score (nSPS) is 11.4. The molecule has 0 aromatic rings. The molecule has 0 aromatic heterocycles. The molecule has 0 aliphatic rings. The molecule has 0 saturated heterocycles. The Morgan fingerprint density at radius 3 is 2.17 bits per heavy atom. The van der Waals surface area contributed by atoms with E-state index in [1.165, 1.54) is 32.1 Å². The number of rotatable bonds is 12. The van der Waals surface area contributed by atoms with Crippen LogP contribution in [0.4, 0.5) is 0 Å². The first kappa shape index (κ1) is 17.4. The van der Waals surface area contributed by atoms with Crippen LogP contribution < -0.4 is 0 Å². The number of unbranched alkanes of at least 4 members (excludes halogenated alkanes) is 4. The lowest BCUT2D eigenvalue weighted by molar-refractivity contribution is -0.137. The van der Waals surface area contributed by atoms with E-state index >= 15 is 0 Å². The van der Waals surface area contributed by atoms with Crippen molar-refractivity contribution in [2.45, 2.75) is 45.4 Å². The molecular weight excluding hydrogens is 228 g/mol. The first-order valence-electron chi connectivity index (χ1n) is 7.15. The summed E-state index contributed by atoms with van der Waals surface area (Å²) in [4.78, 5) is 15.0. The molecule has 4 heteroatoms. The predicted octanol–water partition coefficient (Wildman–Crippen LogP) is 2.30. The molecule has 0 aliphatic heterocycles. The molecule has 108 valence electrons. The van der Waals surface area contributed by atoms with E-state index in [2.05, 4.69) is 30.8 Å². The summed E-state index contributed by atoms with van der Waals surface area (Å²) in [7, 11) is 4.10. The minimum atomic E-state index is -0.698. The highest BCUT2D eigenvalue weighted by molar-refractivity contribution is 5.66. The van der Waals surface area contributed by atoms with E-state index in [-0.39, 0.29) is 6.42 Å². The van der Waals surface area contributed by atoms with Crippen LogP contribution in [0.2, 0.25) is 0 Å². The van der Waals surface area contributed by atoms with Crippen molar-refractivity contribution in [3.05, 3.63) is 0 Å². The van der Waals surface area contributed by atoms with Crippen LogP contribution in [0, 0.1) is 0 Å². The van der Waals surface area contributed by atoms with Gasteiger partial charge in [-0.1, -0.05) is 32.6 Å². The summed E-state index contributed by atoms with van der Waals surface area (Å²) in [6.07, 6.45) is 6.59. The fourth-order valence-electron chi connectivity index (χ4n) is 1.87. The third-order valence-corrected chi connectivity index (χ3v) is 3.08. The molecule has 0 rings (SSSR count). The highest BCUT2D eigenvalue weighted by atomic mass is 16.4. The zero-order valence-corrected chi connectivity index (χ0v) is 12.3. The van der Waals surface area contributed by atoms with E-state index in [0.29, 0.717) is 6.54 Å². The van der Waals surface area contributed by atoms with Crippen molar-refractivity contribution in [1.29, 1.82) is 0 Å². The molecule has 0 aliphatic carbocycles. The second-order valence-corrected chi connectivity index (χ2v) is 5.20. The maximum atomic E-state index is 10.6. The van der Waals surface area contributed by atoms with Crippen LogP contribution in [-0.2, 0) is 4.79 Å². The third-order valence-electron chi connectivity index (χ3n) is 3.08. The van der Waals surface area contributed by atoms with E-state index in [1.807, 2.05) is 0 Å². The molecule has 0 saturated carbocycles. The number of carboxylic acids is 1. The molecule has 4 nitrogen and oxygen atoms in total. The van der Waals surface area contributed by atoms with Crippen molar-refractivity contribution in [3.8, 4) is 0 Å². The molecule has 0 radical (unpaired) electrons. The number of aliphatic carboxylic acids is 1. The maximum Gasteiger partial charge on any atom is 0.304 e. The van der Waals surface area contributed by atoms with Crippen LogP contribution in [0.5, 0.6) is 0 Å². The highest BCUT2D eigenvalue weighted by Crippen LogP contribution is 2.04. The second-order valence-electron chi connectivity index (χ2n) is 5.20. The number of hydrogen-bond acceptors (Lipinski definition) is 3. The number of hydrogen-bond donors (Lipinski definition) is 1. The summed E-state index contributed by atoms with van der Waals surface area (Å²) in [5.74, 6) is -0.698. The fourth-order valence-corrected chi connectivity index (χ4v) is 1.87. The minimum absolute atomic E-state index is 0.252. The zero-order valence-electron chi connectivity index (χ0n) is 12.3. The molecule has 0 spiro atoms. The van der Waals surface area contributed by atoms with E-state index in [0.717, 1.165) is 19.6 Å². The van der Waals surface area contributed by atoms with Gasteiger partial charge in [0.15, 0.2) is 0 Å². The van der Waals surface area contributed by atoms with E-state index in [9.17, 15) is 4.79 Å². The Bertz CT molecular complexity index is 208. The molecular formula is C14H30N2O2.